The fourth-order valence-corrected chi connectivity index (χ4v) is 8.37. The number of carbonyl (C=O) groups is 2. The number of ether oxygens (including phenoxy) is 9. The van der Waals surface area contributed by atoms with Crippen molar-refractivity contribution in [2.24, 2.45) is 0 Å². The molecule has 5 saturated heterocycles. The second-order valence-corrected chi connectivity index (χ2v) is 16.8. The van der Waals surface area contributed by atoms with Crippen molar-refractivity contribution in [3.63, 3.8) is 0 Å². The van der Waals surface area contributed by atoms with Crippen LogP contribution in [0.4, 0.5) is 0 Å². The third kappa shape index (κ3) is 11.4. The number of aliphatic carboxylic acids is 2. The minimum atomic E-state index is -3.50. The van der Waals surface area contributed by atoms with Crippen LogP contribution in [0.2, 0.25) is 0 Å². The molecule has 0 aromatic heterocycles. The summed E-state index contributed by atoms with van der Waals surface area (Å²) in [6.07, 6.45) is -58.6. The van der Waals surface area contributed by atoms with Gasteiger partial charge in [0.2, 0.25) is 0 Å². The summed E-state index contributed by atoms with van der Waals surface area (Å²) in [6, 6.07) is 0. The van der Waals surface area contributed by atoms with Crippen molar-refractivity contribution < 1.29 is 159 Å². The highest BCUT2D eigenvalue weighted by atomic mass is 16.8. The Bertz CT molecular complexity index is 1630. The lowest BCUT2D eigenvalue weighted by Gasteiger charge is -2.52. The Hall–Kier alpha value is -2.18. The lowest BCUT2D eigenvalue weighted by atomic mass is 9.89. The quantitative estimate of drug-likeness (QED) is 0.0571. The SMILES string of the molecule is O=C(O)[C@@]1(O[C@@H]2C[C@](O)(C(=O)O)O[C@H]([C@H](O)CO)[C@@H]2O[C@H]2O[C@H]([C@@H](O)CO)[C@@H](O[C@@H]3O[C@H](CO)[C@@H](O)[C@H](O)[C@H]3O)[C@H](O[C@H]3O[C@H]([C@@H](O)CO)[C@@H](O)[C@H](O)[C@@H]3O)[C@@H]2O)C[C@@H](O)[C@@H](O)[C@@H]([C@H](O)CO)O1. The van der Waals surface area contributed by atoms with Gasteiger partial charge in [0.15, 0.2) is 18.9 Å². The number of hydrogen-bond acceptors (Lipinski definition) is 30. The van der Waals surface area contributed by atoms with Crippen LogP contribution in [-0.4, -0.2) is 317 Å². The van der Waals surface area contributed by atoms with E-state index >= 15 is 0 Å². The summed E-state index contributed by atoms with van der Waals surface area (Å²) < 4.78 is 50.6. The van der Waals surface area contributed by atoms with E-state index in [0.29, 0.717) is 0 Å². The van der Waals surface area contributed by atoms with Gasteiger partial charge in [0.1, 0.15) is 122 Å². The number of carboxylic acid groups (broad SMARTS) is 2. The first-order chi connectivity index (χ1) is 31.8. The molecule has 0 amide bonds. The van der Waals surface area contributed by atoms with Crippen LogP contribution in [0.15, 0.2) is 0 Å². The molecular weight excluding hydrogens is 944 g/mol. The minimum Gasteiger partial charge on any atom is -0.477 e. The highest BCUT2D eigenvalue weighted by molar-refractivity contribution is 5.76. The van der Waals surface area contributed by atoms with Crippen LogP contribution in [0.3, 0.4) is 0 Å². The first-order valence-corrected chi connectivity index (χ1v) is 20.9. The topological polar surface area (TPSA) is 542 Å². The van der Waals surface area contributed by atoms with Gasteiger partial charge in [-0.15, -0.1) is 0 Å². The molecule has 5 aliphatic heterocycles. The van der Waals surface area contributed by atoms with Crippen molar-refractivity contribution in [3.8, 4) is 0 Å². The number of carboxylic acids is 2. The molecule has 32 nitrogen and oxygen atoms in total. The molecule has 0 aliphatic carbocycles. The summed E-state index contributed by atoms with van der Waals surface area (Å²) in [5.41, 5.74) is 0. The number of hydrogen-bond donors (Lipinski definition) is 21. The van der Waals surface area contributed by atoms with Gasteiger partial charge in [0, 0.05) is 12.8 Å². The van der Waals surface area contributed by atoms with E-state index in [4.69, 9.17) is 42.6 Å². The molecule has 396 valence electrons. The van der Waals surface area contributed by atoms with E-state index in [1.807, 2.05) is 0 Å². The molecule has 0 spiro atoms. The van der Waals surface area contributed by atoms with Crippen molar-refractivity contribution in [3.05, 3.63) is 0 Å². The third-order valence-corrected chi connectivity index (χ3v) is 12.2. The Balaban J connectivity index is 1.63. The van der Waals surface area contributed by atoms with Gasteiger partial charge in [-0.3, -0.25) is 0 Å². The molecule has 0 saturated carbocycles. The second kappa shape index (κ2) is 23.1. The van der Waals surface area contributed by atoms with Gasteiger partial charge in [-0.25, -0.2) is 9.59 Å². The van der Waals surface area contributed by atoms with E-state index < -0.39 is 223 Å². The highest BCUT2D eigenvalue weighted by Crippen LogP contribution is 2.42. The van der Waals surface area contributed by atoms with Crippen molar-refractivity contribution in [2.75, 3.05) is 33.0 Å². The molecule has 5 rings (SSSR count). The van der Waals surface area contributed by atoms with E-state index in [9.17, 15) is 117 Å². The van der Waals surface area contributed by atoms with Crippen molar-refractivity contribution in [2.45, 2.75) is 178 Å². The summed E-state index contributed by atoms with van der Waals surface area (Å²) in [7, 11) is 0. The van der Waals surface area contributed by atoms with Crippen LogP contribution >= 0.6 is 0 Å². The molecule has 21 N–H and O–H groups in total. The summed E-state index contributed by atoms with van der Waals surface area (Å²) in [4.78, 5) is 25.4. The first kappa shape index (κ1) is 56.7. The van der Waals surface area contributed by atoms with Gasteiger partial charge in [-0.1, -0.05) is 0 Å². The summed E-state index contributed by atoms with van der Waals surface area (Å²) in [5, 5.41) is 221. The van der Waals surface area contributed by atoms with Crippen LogP contribution in [-0.2, 0) is 52.2 Å². The molecule has 5 heterocycles. The predicted octanol–water partition coefficient (Wildman–Crippen LogP) is -13.5. The smallest absolute Gasteiger partial charge is 0.364 e. The van der Waals surface area contributed by atoms with E-state index in [0.717, 1.165) is 0 Å². The Morgan fingerprint density at radius 1 is 0.500 bits per heavy atom. The first-order valence-electron chi connectivity index (χ1n) is 20.9. The Morgan fingerprint density at radius 3 is 1.51 bits per heavy atom. The van der Waals surface area contributed by atoms with Crippen molar-refractivity contribution in [1.82, 2.24) is 0 Å². The molecule has 5 aliphatic rings. The Kier molecular flexibility index (Phi) is 19.3. The molecule has 0 aromatic rings. The highest BCUT2D eigenvalue weighted by Gasteiger charge is 2.63. The van der Waals surface area contributed by atoms with Gasteiger partial charge < -0.3 is 150 Å². The van der Waals surface area contributed by atoms with Gasteiger partial charge >= 0.3 is 11.9 Å². The summed E-state index contributed by atoms with van der Waals surface area (Å²) >= 11 is 0. The van der Waals surface area contributed by atoms with E-state index in [-0.39, 0.29) is 0 Å². The zero-order valence-corrected chi connectivity index (χ0v) is 35.3. The number of rotatable bonds is 19. The number of aliphatic hydroxyl groups excluding tert-OH is 18. The van der Waals surface area contributed by atoms with E-state index in [1.165, 1.54) is 0 Å². The average Bonchev–Trinajstić information content (AvgIpc) is 3.31. The van der Waals surface area contributed by atoms with Gasteiger partial charge in [0.25, 0.3) is 11.6 Å². The maximum Gasteiger partial charge on any atom is 0.364 e. The Labute approximate surface area is 382 Å². The standard InChI is InChI=1S/C36H60O32/c37-3-9(43)23-19(51)18(50)21(53)31(61-23)64-28-22(54)32(62-25(11(45)5-39)29(28)65-30-20(52)17(49)16(48)14(7-41)60-30)63-27-13(2-35(59,33(55)56)67-26(27)12(46)6-40)66-36(34(57)58)1-8(42)15(47)24(68-36)10(44)4-38/h8-32,37-54,59H,1-7H2,(H,55,56)(H,57,58)/t8-,9+,10-,11+,12-,13-,14-,15-,16-,17+,18+,19+,20-,21+,22+,23-,24-,25-,26-,27-,28-,29-,30+,31-,32-,35-,36-/m1/s1. The van der Waals surface area contributed by atoms with Crippen molar-refractivity contribution in [1.29, 1.82) is 0 Å². The normalized spacial score (nSPS) is 47.7. The lowest BCUT2D eigenvalue weighted by molar-refractivity contribution is -0.413. The monoisotopic (exact) mass is 1000 g/mol. The number of aliphatic hydroxyl groups is 19. The third-order valence-electron chi connectivity index (χ3n) is 12.2. The van der Waals surface area contributed by atoms with Gasteiger partial charge in [-0.2, -0.15) is 0 Å². The second-order valence-electron chi connectivity index (χ2n) is 16.8. The van der Waals surface area contributed by atoms with Crippen LogP contribution in [0, 0.1) is 0 Å². The van der Waals surface area contributed by atoms with Crippen LogP contribution < -0.4 is 0 Å². The average molecular weight is 1000 g/mol. The van der Waals surface area contributed by atoms with Crippen molar-refractivity contribution >= 4 is 11.9 Å². The fourth-order valence-electron chi connectivity index (χ4n) is 8.37. The molecule has 5 fully saturated rings. The lowest BCUT2D eigenvalue weighted by Crippen LogP contribution is -2.71. The summed E-state index contributed by atoms with van der Waals surface area (Å²) in [5.74, 6) is -11.2. The van der Waals surface area contributed by atoms with Gasteiger partial charge in [0.05, 0.1) is 45.2 Å². The molecule has 0 bridgehead atoms. The van der Waals surface area contributed by atoms with Gasteiger partial charge in [-0.05, 0) is 0 Å². The van der Waals surface area contributed by atoms with Crippen LogP contribution in [0.5, 0.6) is 0 Å². The fraction of sp³-hybridized carbons (Fsp3) is 0.944. The zero-order valence-electron chi connectivity index (χ0n) is 35.3. The molecule has 0 unspecified atom stereocenters. The van der Waals surface area contributed by atoms with E-state index in [1.54, 1.807) is 0 Å². The van der Waals surface area contributed by atoms with Crippen LogP contribution in [0.1, 0.15) is 12.8 Å². The van der Waals surface area contributed by atoms with E-state index in [2.05, 4.69) is 0 Å². The molecule has 0 radical (unpaired) electrons. The molecule has 27 atom stereocenters. The predicted molar refractivity (Wildman–Crippen MR) is 201 cm³/mol. The molecular formula is C36H60O32. The summed E-state index contributed by atoms with van der Waals surface area (Å²) in [6.45, 7) is -6.04. The maximum atomic E-state index is 13.0. The molecule has 0 aromatic carbocycles. The minimum absolute atomic E-state index is 1.02. The Morgan fingerprint density at radius 2 is 0.971 bits per heavy atom. The van der Waals surface area contributed by atoms with Crippen LogP contribution in [0.25, 0.3) is 0 Å². The maximum absolute atomic E-state index is 13.0. The largest absolute Gasteiger partial charge is 0.477 e. The molecule has 68 heavy (non-hydrogen) atoms. The zero-order chi connectivity index (χ0) is 50.9. The molecule has 32 heteroatoms.